The van der Waals surface area contributed by atoms with Crippen LogP contribution < -0.4 is 4.72 Å². The molecule has 0 amide bonds. The van der Waals surface area contributed by atoms with Crippen molar-refractivity contribution in [2.45, 2.75) is 24.7 Å². The van der Waals surface area contributed by atoms with Crippen LogP contribution in [-0.2, 0) is 16.4 Å². The number of hydrogen-bond acceptors (Lipinski definition) is 2. The Labute approximate surface area is 129 Å². The molecule has 0 unspecified atom stereocenters. The largest absolute Gasteiger partial charge is 0.240 e. The lowest BCUT2D eigenvalue weighted by Crippen LogP contribution is -2.25. The Kier molecular flexibility index (Phi) is 5.26. The maximum Gasteiger partial charge on any atom is 0.240 e. The van der Waals surface area contributed by atoms with E-state index in [4.69, 9.17) is 0 Å². The molecule has 0 aliphatic carbocycles. The zero-order valence-electron chi connectivity index (χ0n) is 12.1. The van der Waals surface area contributed by atoms with Gasteiger partial charge in [-0.1, -0.05) is 12.1 Å². The minimum absolute atomic E-state index is 0.0492. The first-order valence-electron chi connectivity index (χ1n) is 6.89. The van der Waals surface area contributed by atoms with Gasteiger partial charge in [-0.2, -0.15) is 0 Å². The van der Waals surface area contributed by atoms with E-state index in [0.717, 1.165) is 11.6 Å². The molecule has 0 spiro atoms. The second kappa shape index (κ2) is 6.98. The molecule has 0 aliphatic rings. The van der Waals surface area contributed by atoms with E-state index in [1.54, 1.807) is 12.1 Å². The highest BCUT2D eigenvalue weighted by molar-refractivity contribution is 7.89. The van der Waals surface area contributed by atoms with Crippen molar-refractivity contribution in [1.29, 1.82) is 0 Å². The normalized spacial score (nSPS) is 11.6. The van der Waals surface area contributed by atoms with Crippen molar-refractivity contribution < 1.29 is 17.2 Å². The molecule has 0 heterocycles. The van der Waals surface area contributed by atoms with Gasteiger partial charge in [-0.3, -0.25) is 0 Å². The molecule has 0 radical (unpaired) electrons. The van der Waals surface area contributed by atoms with Crippen molar-refractivity contribution >= 4 is 10.0 Å². The van der Waals surface area contributed by atoms with Gasteiger partial charge in [-0.15, -0.1) is 0 Å². The summed E-state index contributed by atoms with van der Waals surface area (Å²) in [6.45, 7) is 1.78. The Hall–Kier alpha value is -1.79. The number of hydrogen-bond donors (Lipinski definition) is 1. The lowest BCUT2D eigenvalue weighted by atomic mass is 10.1. The molecule has 0 fully saturated rings. The second-order valence-electron chi connectivity index (χ2n) is 5.04. The standard InChI is InChI=1S/C16H17F2NO2S/c1-12-11-15(8-9-16(12)18)22(20,21)19-10-2-3-13-4-6-14(17)7-5-13/h4-9,11,19H,2-3,10H2,1H3. The van der Waals surface area contributed by atoms with Gasteiger partial charge in [-0.25, -0.2) is 21.9 Å². The maximum atomic E-state index is 13.2. The quantitative estimate of drug-likeness (QED) is 0.829. The summed E-state index contributed by atoms with van der Waals surface area (Å²) in [5, 5.41) is 0. The summed E-state index contributed by atoms with van der Waals surface area (Å²) in [6.07, 6.45) is 1.23. The Morgan fingerprint density at radius 1 is 1.05 bits per heavy atom. The van der Waals surface area contributed by atoms with Crippen molar-refractivity contribution in [3.8, 4) is 0 Å². The van der Waals surface area contributed by atoms with E-state index in [9.17, 15) is 17.2 Å². The van der Waals surface area contributed by atoms with Gasteiger partial charge in [0.2, 0.25) is 10.0 Å². The number of nitrogens with one attached hydrogen (secondary N) is 1. The Morgan fingerprint density at radius 2 is 1.73 bits per heavy atom. The summed E-state index contributed by atoms with van der Waals surface area (Å²) in [5.74, 6) is -0.730. The number of sulfonamides is 1. The number of benzene rings is 2. The predicted octanol–water partition coefficient (Wildman–Crippen LogP) is 3.18. The molecule has 3 nitrogen and oxygen atoms in total. The number of rotatable bonds is 6. The van der Waals surface area contributed by atoms with Crippen molar-refractivity contribution in [2.24, 2.45) is 0 Å². The average Bonchev–Trinajstić information content (AvgIpc) is 2.48. The molecule has 0 aliphatic heterocycles. The lowest BCUT2D eigenvalue weighted by molar-refractivity contribution is 0.577. The van der Waals surface area contributed by atoms with E-state index in [1.807, 2.05) is 0 Å². The van der Waals surface area contributed by atoms with Crippen molar-refractivity contribution in [3.63, 3.8) is 0 Å². The van der Waals surface area contributed by atoms with Gasteiger partial charge >= 0.3 is 0 Å². The summed E-state index contributed by atoms with van der Waals surface area (Å²) >= 11 is 0. The van der Waals surface area contributed by atoms with E-state index >= 15 is 0 Å². The van der Waals surface area contributed by atoms with Crippen LogP contribution in [0, 0.1) is 18.6 Å². The molecule has 1 N–H and O–H groups in total. The Balaban J connectivity index is 1.89. The van der Waals surface area contributed by atoms with Crippen molar-refractivity contribution in [1.82, 2.24) is 4.72 Å². The minimum Gasteiger partial charge on any atom is -0.211 e. The smallest absolute Gasteiger partial charge is 0.211 e. The van der Waals surface area contributed by atoms with Gasteiger partial charge in [-0.05, 0) is 61.2 Å². The van der Waals surface area contributed by atoms with Crippen molar-refractivity contribution in [3.05, 3.63) is 65.2 Å². The van der Waals surface area contributed by atoms with E-state index in [-0.39, 0.29) is 22.8 Å². The van der Waals surface area contributed by atoms with E-state index < -0.39 is 15.8 Å². The fourth-order valence-electron chi connectivity index (χ4n) is 2.02. The lowest BCUT2D eigenvalue weighted by Gasteiger charge is -2.08. The highest BCUT2D eigenvalue weighted by Gasteiger charge is 2.14. The molecule has 0 bridgehead atoms. The SMILES string of the molecule is Cc1cc(S(=O)(=O)NCCCc2ccc(F)cc2)ccc1F. The highest BCUT2D eigenvalue weighted by atomic mass is 32.2. The Morgan fingerprint density at radius 3 is 2.36 bits per heavy atom. The molecule has 0 atom stereocenters. The fraction of sp³-hybridized carbons (Fsp3) is 0.250. The van der Waals surface area contributed by atoms with Gasteiger partial charge in [0.25, 0.3) is 0 Å². The first-order valence-corrected chi connectivity index (χ1v) is 8.37. The first kappa shape index (κ1) is 16.6. The minimum atomic E-state index is -3.64. The maximum absolute atomic E-state index is 13.2. The molecule has 0 saturated carbocycles. The molecule has 22 heavy (non-hydrogen) atoms. The molecular weight excluding hydrogens is 308 g/mol. The molecule has 0 saturated heterocycles. The van der Waals surface area contributed by atoms with E-state index in [2.05, 4.69) is 4.72 Å². The predicted molar refractivity (Wildman–Crippen MR) is 81.0 cm³/mol. The highest BCUT2D eigenvalue weighted by Crippen LogP contribution is 2.14. The van der Waals surface area contributed by atoms with Crippen LogP contribution in [0.25, 0.3) is 0 Å². The molecule has 2 rings (SSSR count). The molecule has 118 valence electrons. The van der Waals surface area contributed by atoms with Crippen LogP contribution in [-0.4, -0.2) is 15.0 Å². The molecular formula is C16H17F2NO2S. The molecule has 6 heteroatoms. The van der Waals surface area contributed by atoms with E-state index in [0.29, 0.717) is 12.8 Å². The number of aryl methyl sites for hydroxylation is 2. The van der Waals surface area contributed by atoms with Crippen LogP contribution in [0.4, 0.5) is 8.78 Å². The Bertz CT molecular complexity index is 743. The summed E-state index contributed by atoms with van der Waals surface area (Å²) in [5.41, 5.74) is 1.23. The van der Waals surface area contributed by atoms with Gasteiger partial charge in [0.1, 0.15) is 11.6 Å². The third-order valence-corrected chi connectivity index (χ3v) is 4.75. The molecule has 0 aromatic heterocycles. The zero-order chi connectivity index (χ0) is 16.2. The van der Waals surface area contributed by atoms with Gasteiger partial charge in [0.05, 0.1) is 4.90 Å². The van der Waals surface area contributed by atoms with Crippen LogP contribution in [0.2, 0.25) is 0 Å². The first-order chi connectivity index (χ1) is 10.4. The third kappa shape index (κ3) is 4.35. The third-order valence-electron chi connectivity index (χ3n) is 3.29. The molecule has 2 aromatic carbocycles. The average molecular weight is 325 g/mol. The van der Waals surface area contributed by atoms with Crippen LogP contribution in [0.5, 0.6) is 0 Å². The topological polar surface area (TPSA) is 46.2 Å². The fourth-order valence-corrected chi connectivity index (χ4v) is 3.18. The van der Waals surface area contributed by atoms with Gasteiger partial charge in [0, 0.05) is 6.54 Å². The molecule has 2 aromatic rings. The van der Waals surface area contributed by atoms with Crippen molar-refractivity contribution in [2.75, 3.05) is 6.54 Å². The van der Waals surface area contributed by atoms with E-state index in [1.165, 1.54) is 31.2 Å². The summed E-state index contributed by atoms with van der Waals surface area (Å²) < 4.78 is 52.5. The summed E-state index contributed by atoms with van der Waals surface area (Å²) in [6, 6.07) is 9.78. The second-order valence-corrected chi connectivity index (χ2v) is 6.81. The summed E-state index contributed by atoms with van der Waals surface area (Å²) in [7, 11) is -3.64. The number of halogens is 2. The van der Waals surface area contributed by atoms with Crippen LogP contribution in [0.15, 0.2) is 47.4 Å². The zero-order valence-corrected chi connectivity index (χ0v) is 13.0. The van der Waals surface area contributed by atoms with Gasteiger partial charge in [0.15, 0.2) is 0 Å². The summed E-state index contributed by atoms with van der Waals surface area (Å²) in [4.78, 5) is 0.0492. The monoisotopic (exact) mass is 325 g/mol. The van der Waals surface area contributed by atoms with Gasteiger partial charge < -0.3 is 0 Å². The van der Waals surface area contributed by atoms with Crippen LogP contribution in [0.1, 0.15) is 17.5 Å². The van der Waals surface area contributed by atoms with Crippen LogP contribution >= 0.6 is 0 Å². The van der Waals surface area contributed by atoms with Crippen LogP contribution in [0.3, 0.4) is 0 Å².